The summed E-state index contributed by atoms with van der Waals surface area (Å²) in [4.78, 5) is 26.5. The lowest BCUT2D eigenvalue weighted by Gasteiger charge is -2.17. The molecule has 124 valence electrons. The zero-order valence-electron chi connectivity index (χ0n) is 13.5. The van der Waals surface area contributed by atoms with E-state index >= 15 is 0 Å². The van der Waals surface area contributed by atoms with Gasteiger partial charge >= 0.3 is 0 Å². The number of nitrogens with zero attached hydrogens (tertiary/aromatic N) is 1. The molecule has 24 heavy (non-hydrogen) atoms. The molecule has 0 radical (unpaired) electrons. The van der Waals surface area contributed by atoms with Crippen LogP contribution in [-0.2, 0) is 16.0 Å². The number of para-hydroxylation sites is 1. The molecule has 3 rings (SSSR count). The number of rotatable bonds is 4. The van der Waals surface area contributed by atoms with Crippen molar-refractivity contribution < 1.29 is 9.59 Å². The fourth-order valence-corrected chi connectivity index (χ4v) is 3.06. The summed E-state index contributed by atoms with van der Waals surface area (Å²) < 4.78 is 0. The molecule has 0 saturated carbocycles. The van der Waals surface area contributed by atoms with Gasteiger partial charge in [0, 0.05) is 18.7 Å². The number of nitrogens with one attached hydrogen (secondary N) is 1. The quantitative estimate of drug-likeness (QED) is 0.916. The molecule has 0 spiro atoms. The minimum absolute atomic E-state index is 0.0254. The van der Waals surface area contributed by atoms with Gasteiger partial charge in [0.1, 0.15) is 0 Å². The summed E-state index contributed by atoms with van der Waals surface area (Å²) in [6, 6.07) is 15.0. The molecule has 0 unspecified atom stereocenters. The van der Waals surface area contributed by atoms with Crippen LogP contribution in [0.1, 0.15) is 18.9 Å². The second-order valence-electron chi connectivity index (χ2n) is 5.90. The highest BCUT2D eigenvalue weighted by Crippen LogP contribution is 2.28. The number of halogens is 1. The Hall–Kier alpha value is -2.33. The highest BCUT2D eigenvalue weighted by Gasteiger charge is 2.35. The van der Waals surface area contributed by atoms with E-state index in [1.807, 2.05) is 30.3 Å². The first-order valence-electron chi connectivity index (χ1n) is 8.03. The van der Waals surface area contributed by atoms with Crippen LogP contribution in [0.5, 0.6) is 0 Å². The average Bonchev–Trinajstić information content (AvgIpc) is 2.99. The van der Waals surface area contributed by atoms with E-state index in [0.717, 1.165) is 12.1 Å². The summed E-state index contributed by atoms with van der Waals surface area (Å²) in [5, 5.41) is 3.31. The van der Waals surface area contributed by atoms with Crippen molar-refractivity contribution in [3.8, 4) is 0 Å². The van der Waals surface area contributed by atoms with Gasteiger partial charge in [-0.25, -0.2) is 0 Å². The highest BCUT2D eigenvalue weighted by atomic mass is 35.5. The van der Waals surface area contributed by atoms with Crippen molar-refractivity contribution in [1.29, 1.82) is 0 Å². The first-order valence-corrected chi connectivity index (χ1v) is 8.41. The SMILES string of the molecule is CCc1cccc(N2C[C@@H](C(=O)Nc3ccccc3Cl)CC2=O)c1. The molecule has 0 aliphatic carbocycles. The van der Waals surface area contributed by atoms with E-state index < -0.39 is 0 Å². The largest absolute Gasteiger partial charge is 0.324 e. The smallest absolute Gasteiger partial charge is 0.229 e. The Morgan fingerprint density at radius 2 is 2.04 bits per heavy atom. The van der Waals surface area contributed by atoms with Crippen molar-refractivity contribution in [2.75, 3.05) is 16.8 Å². The van der Waals surface area contributed by atoms with E-state index in [1.165, 1.54) is 5.56 Å². The Kier molecular flexibility index (Phi) is 4.86. The maximum absolute atomic E-state index is 12.5. The first-order chi connectivity index (χ1) is 11.6. The van der Waals surface area contributed by atoms with Gasteiger partial charge in [-0.15, -0.1) is 0 Å². The van der Waals surface area contributed by atoms with Crippen LogP contribution in [0.25, 0.3) is 0 Å². The summed E-state index contributed by atoms with van der Waals surface area (Å²) in [5.41, 5.74) is 2.60. The first kappa shape index (κ1) is 16.5. The van der Waals surface area contributed by atoms with Gasteiger partial charge in [-0.3, -0.25) is 9.59 Å². The number of carbonyl (C=O) groups is 2. The summed E-state index contributed by atoms with van der Waals surface area (Å²) >= 11 is 6.07. The number of anilines is 2. The van der Waals surface area contributed by atoms with Gasteiger partial charge in [-0.05, 0) is 36.2 Å². The molecule has 1 saturated heterocycles. The van der Waals surface area contributed by atoms with Crippen molar-refractivity contribution in [3.05, 3.63) is 59.1 Å². The zero-order valence-corrected chi connectivity index (χ0v) is 14.2. The molecule has 1 N–H and O–H groups in total. The minimum atomic E-state index is -0.376. The predicted molar refractivity (Wildman–Crippen MR) is 96.4 cm³/mol. The molecule has 4 nitrogen and oxygen atoms in total. The Bertz CT molecular complexity index is 775. The summed E-state index contributed by atoms with van der Waals surface area (Å²) in [6.45, 7) is 2.47. The lowest BCUT2D eigenvalue weighted by Crippen LogP contribution is -2.28. The Morgan fingerprint density at radius 1 is 1.25 bits per heavy atom. The standard InChI is InChI=1S/C19H19ClN2O2/c1-2-13-6-5-7-15(10-13)22-12-14(11-18(22)23)19(24)21-17-9-4-3-8-16(17)20/h3-10,14H,2,11-12H2,1H3,(H,21,24)/t14-/m0/s1. The van der Waals surface area contributed by atoms with Gasteiger partial charge in [-0.2, -0.15) is 0 Å². The molecule has 1 aliphatic heterocycles. The number of amides is 2. The second kappa shape index (κ2) is 7.05. The summed E-state index contributed by atoms with van der Waals surface area (Å²) in [6.07, 6.45) is 1.12. The molecular formula is C19H19ClN2O2. The molecule has 1 atom stereocenters. The molecule has 0 bridgehead atoms. The van der Waals surface area contributed by atoms with Crippen molar-refractivity contribution in [2.45, 2.75) is 19.8 Å². The molecule has 2 amide bonds. The monoisotopic (exact) mass is 342 g/mol. The third-order valence-corrected chi connectivity index (χ3v) is 4.59. The van der Waals surface area contributed by atoms with Crippen LogP contribution in [0.15, 0.2) is 48.5 Å². The Labute approximate surface area is 146 Å². The van der Waals surface area contributed by atoms with E-state index in [9.17, 15) is 9.59 Å². The second-order valence-corrected chi connectivity index (χ2v) is 6.31. The number of aryl methyl sites for hydroxylation is 1. The lowest BCUT2D eigenvalue weighted by molar-refractivity contribution is -0.122. The Morgan fingerprint density at radius 3 is 2.79 bits per heavy atom. The normalized spacial score (nSPS) is 17.2. The van der Waals surface area contributed by atoms with Crippen molar-refractivity contribution >= 4 is 34.8 Å². The maximum atomic E-state index is 12.5. The molecule has 1 aliphatic rings. The van der Waals surface area contributed by atoms with Crippen LogP contribution >= 0.6 is 11.6 Å². The van der Waals surface area contributed by atoms with Gasteiger partial charge < -0.3 is 10.2 Å². The lowest BCUT2D eigenvalue weighted by atomic mass is 10.1. The van der Waals surface area contributed by atoms with Crippen LogP contribution in [0.2, 0.25) is 5.02 Å². The van der Waals surface area contributed by atoms with Crippen LogP contribution in [0.4, 0.5) is 11.4 Å². The van der Waals surface area contributed by atoms with E-state index in [-0.39, 0.29) is 24.2 Å². The number of hydrogen-bond donors (Lipinski definition) is 1. The van der Waals surface area contributed by atoms with E-state index in [1.54, 1.807) is 23.1 Å². The number of benzene rings is 2. The molecule has 2 aromatic carbocycles. The molecule has 1 heterocycles. The fraction of sp³-hybridized carbons (Fsp3) is 0.263. The average molecular weight is 343 g/mol. The van der Waals surface area contributed by atoms with Crippen molar-refractivity contribution in [3.63, 3.8) is 0 Å². The number of carbonyl (C=O) groups excluding carboxylic acids is 2. The minimum Gasteiger partial charge on any atom is -0.324 e. The number of hydrogen-bond acceptors (Lipinski definition) is 2. The summed E-state index contributed by atoms with van der Waals surface area (Å²) in [7, 11) is 0. The van der Waals surface area contributed by atoms with Gasteiger partial charge in [0.2, 0.25) is 11.8 Å². The highest BCUT2D eigenvalue weighted by molar-refractivity contribution is 6.33. The van der Waals surface area contributed by atoms with Gasteiger partial charge in [0.25, 0.3) is 0 Å². The van der Waals surface area contributed by atoms with Crippen LogP contribution in [-0.4, -0.2) is 18.4 Å². The van der Waals surface area contributed by atoms with E-state index in [4.69, 9.17) is 11.6 Å². The van der Waals surface area contributed by atoms with Crippen molar-refractivity contribution in [2.24, 2.45) is 5.92 Å². The zero-order chi connectivity index (χ0) is 17.1. The predicted octanol–water partition coefficient (Wildman–Crippen LogP) is 3.89. The van der Waals surface area contributed by atoms with Crippen LogP contribution in [0.3, 0.4) is 0 Å². The van der Waals surface area contributed by atoms with Crippen LogP contribution < -0.4 is 10.2 Å². The summed E-state index contributed by atoms with van der Waals surface area (Å²) in [5.74, 6) is -0.577. The van der Waals surface area contributed by atoms with Crippen molar-refractivity contribution in [1.82, 2.24) is 0 Å². The third kappa shape index (κ3) is 3.44. The molecular weight excluding hydrogens is 324 g/mol. The van der Waals surface area contributed by atoms with E-state index in [0.29, 0.717) is 17.3 Å². The maximum Gasteiger partial charge on any atom is 0.229 e. The molecule has 1 fully saturated rings. The fourth-order valence-electron chi connectivity index (χ4n) is 2.87. The third-order valence-electron chi connectivity index (χ3n) is 4.26. The Balaban J connectivity index is 1.72. The molecule has 2 aromatic rings. The van der Waals surface area contributed by atoms with Gasteiger partial charge in [0.15, 0.2) is 0 Å². The van der Waals surface area contributed by atoms with Crippen LogP contribution in [0, 0.1) is 5.92 Å². The van der Waals surface area contributed by atoms with E-state index in [2.05, 4.69) is 12.2 Å². The topological polar surface area (TPSA) is 49.4 Å². The molecule has 0 aromatic heterocycles. The van der Waals surface area contributed by atoms with Gasteiger partial charge in [0.05, 0.1) is 16.6 Å². The van der Waals surface area contributed by atoms with Gasteiger partial charge in [-0.1, -0.05) is 42.8 Å². The molecule has 5 heteroatoms.